The van der Waals surface area contributed by atoms with Gasteiger partial charge in [0.15, 0.2) is 0 Å². The lowest BCUT2D eigenvalue weighted by molar-refractivity contribution is 0.102. The summed E-state index contributed by atoms with van der Waals surface area (Å²) in [5.41, 5.74) is 2.57. The number of carbonyl (C=O) groups is 1. The van der Waals surface area contributed by atoms with Gasteiger partial charge in [0, 0.05) is 29.7 Å². The molecule has 1 aliphatic heterocycles. The van der Waals surface area contributed by atoms with E-state index < -0.39 is 10.0 Å². The van der Waals surface area contributed by atoms with Crippen LogP contribution < -0.4 is 5.32 Å². The number of hydrogen-bond acceptors (Lipinski definition) is 6. The van der Waals surface area contributed by atoms with Gasteiger partial charge in [-0.25, -0.2) is 8.42 Å². The minimum Gasteiger partial charge on any atom is -0.320 e. The van der Waals surface area contributed by atoms with Gasteiger partial charge in [0.1, 0.15) is 5.01 Å². The molecule has 0 saturated carbocycles. The van der Waals surface area contributed by atoms with Gasteiger partial charge in [0.2, 0.25) is 15.0 Å². The highest BCUT2D eigenvalue weighted by Gasteiger charge is 2.33. The van der Waals surface area contributed by atoms with Gasteiger partial charge in [0.25, 0.3) is 5.91 Å². The van der Waals surface area contributed by atoms with Crippen LogP contribution in [0.15, 0.2) is 47.4 Å². The zero-order chi connectivity index (χ0) is 22.9. The summed E-state index contributed by atoms with van der Waals surface area (Å²) in [4.78, 5) is 12.8. The van der Waals surface area contributed by atoms with Crippen molar-refractivity contribution in [1.82, 2.24) is 14.5 Å². The molecule has 7 nitrogen and oxygen atoms in total. The quantitative estimate of drug-likeness (QED) is 0.563. The smallest absolute Gasteiger partial charge is 0.286 e. The molecule has 2 heterocycles. The fraction of sp³-hybridized carbons (Fsp3) is 0.318. The summed E-state index contributed by atoms with van der Waals surface area (Å²) in [6.07, 6.45) is 1.52. The van der Waals surface area contributed by atoms with Crippen molar-refractivity contribution in [2.24, 2.45) is 0 Å². The van der Waals surface area contributed by atoms with E-state index in [1.54, 1.807) is 36.4 Å². The number of rotatable bonds is 5. The lowest BCUT2D eigenvalue weighted by Gasteiger charge is -2.30. The van der Waals surface area contributed by atoms with Crippen molar-refractivity contribution in [3.05, 3.63) is 68.6 Å². The predicted octanol–water partition coefficient (Wildman–Crippen LogP) is 4.63. The van der Waals surface area contributed by atoms with Gasteiger partial charge in [-0.15, -0.1) is 10.2 Å². The number of aryl methyl sites for hydroxylation is 2. The largest absolute Gasteiger partial charge is 0.320 e. The number of hydrogen-bond donors (Lipinski definition) is 1. The van der Waals surface area contributed by atoms with Crippen LogP contribution in [0.1, 0.15) is 44.7 Å². The van der Waals surface area contributed by atoms with Crippen LogP contribution in [-0.4, -0.2) is 41.9 Å². The summed E-state index contributed by atoms with van der Waals surface area (Å²) in [5.74, 6) is -0.471. The molecule has 1 aromatic heterocycles. The second-order valence-corrected chi connectivity index (χ2v) is 11.2. The number of amides is 1. The number of piperidine rings is 1. The number of sulfonamides is 1. The lowest BCUT2D eigenvalue weighted by Crippen LogP contribution is -2.39. The summed E-state index contributed by atoms with van der Waals surface area (Å²) in [6, 6.07) is 12.1. The van der Waals surface area contributed by atoms with Crippen molar-refractivity contribution >= 4 is 44.6 Å². The number of benzene rings is 2. The maximum absolute atomic E-state index is 13.2. The van der Waals surface area contributed by atoms with Crippen LogP contribution in [0.25, 0.3) is 0 Å². The minimum absolute atomic E-state index is 0.102. The molecule has 2 aromatic carbocycles. The number of nitrogens with one attached hydrogen (secondary N) is 1. The standard InChI is InChI=1S/C22H23ClN4O3S2/c1-14-8-9-19(11-15(14)2)32(29,30)27-10-4-5-16(13-27)21-25-26-22(31-21)20(28)24-18-7-3-6-17(23)12-18/h3,6-9,11-12,16H,4-5,10,13H2,1-2H3,(H,24,28)/t16-/m0/s1. The van der Waals surface area contributed by atoms with Crippen LogP contribution in [0, 0.1) is 13.8 Å². The first-order valence-corrected chi connectivity index (χ1v) is 12.9. The molecule has 0 aliphatic carbocycles. The number of halogens is 1. The summed E-state index contributed by atoms with van der Waals surface area (Å²) < 4.78 is 27.9. The van der Waals surface area contributed by atoms with Crippen molar-refractivity contribution in [2.75, 3.05) is 18.4 Å². The Morgan fingerprint density at radius 1 is 1.16 bits per heavy atom. The zero-order valence-corrected chi connectivity index (χ0v) is 20.1. The first-order chi connectivity index (χ1) is 15.2. The second kappa shape index (κ2) is 9.27. The van der Waals surface area contributed by atoms with Crippen LogP contribution in [-0.2, 0) is 10.0 Å². The van der Waals surface area contributed by atoms with E-state index in [1.807, 2.05) is 19.9 Å². The van der Waals surface area contributed by atoms with E-state index in [0.717, 1.165) is 24.0 Å². The fourth-order valence-electron chi connectivity index (χ4n) is 3.63. The van der Waals surface area contributed by atoms with Crippen LogP contribution in [0.3, 0.4) is 0 Å². The summed E-state index contributed by atoms with van der Waals surface area (Å²) >= 11 is 7.16. The molecule has 3 aromatic rings. The van der Waals surface area contributed by atoms with Crippen LogP contribution >= 0.6 is 22.9 Å². The highest BCUT2D eigenvalue weighted by atomic mass is 35.5. The summed E-state index contributed by atoms with van der Waals surface area (Å²) in [6.45, 7) is 4.65. The van der Waals surface area contributed by atoms with E-state index in [-0.39, 0.29) is 16.8 Å². The van der Waals surface area contributed by atoms with E-state index in [4.69, 9.17) is 11.6 Å². The van der Waals surface area contributed by atoms with Crippen molar-refractivity contribution in [3.8, 4) is 0 Å². The van der Waals surface area contributed by atoms with Gasteiger partial charge in [-0.05, 0) is 68.1 Å². The molecule has 1 N–H and O–H groups in total. The highest BCUT2D eigenvalue weighted by Crippen LogP contribution is 2.32. The van der Waals surface area contributed by atoms with Gasteiger partial charge < -0.3 is 5.32 Å². The third-order valence-corrected chi connectivity index (χ3v) is 8.75. The maximum atomic E-state index is 13.2. The lowest BCUT2D eigenvalue weighted by atomic mass is 10.0. The fourth-order valence-corrected chi connectivity index (χ4v) is 6.29. The van der Waals surface area contributed by atoms with Crippen LogP contribution in [0.4, 0.5) is 5.69 Å². The number of aromatic nitrogens is 2. The first-order valence-electron chi connectivity index (χ1n) is 10.2. The van der Waals surface area contributed by atoms with Gasteiger partial charge >= 0.3 is 0 Å². The van der Waals surface area contributed by atoms with Gasteiger partial charge in [-0.1, -0.05) is 35.1 Å². The summed E-state index contributed by atoms with van der Waals surface area (Å²) in [7, 11) is -3.60. The number of carbonyl (C=O) groups excluding carboxylic acids is 1. The molecule has 32 heavy (non-hydrogen) atoms. The number of anilines is 1. The Morgan fingerprint density at radius 2 is 1.97 bits per heavy atom. The van der Waals surface area contributed by atoms with Crippen molar-refractivity contribution in [2.45, 2.75) is 37.5 Å². The SMILES string of the molecule is Cc1ccc(S(=O)(=O)N2CCC[C@H](c3nnc(C(=O)Nc4cccc(Cl)c4)s3)C2)cc1C. The maximum Gasteiger partial charge on any atom is 0.286 e. The third-order valence-electron chi connectivity index (χ3n) is 5.57. The van der Waals surface area contributed by atoms with Gasteiger partial charge in [-0.2, -0.15) is 4.31 Å². The molecule has 4 rings (SSSR count). The van der Waals surface area contributed by atoms with E-state index in [0.29, 0.717) is 33.7 Å². The molecule has 168 valence electrons. The molecule has 1 fully saturated rings. The molecular formula is C22H23ClN4O3S2. The topological polar surface area (TPSA) is 92.3 Å². The van der Waals surface area contributed by atoms with Crippen molar-refractivity contribution < 1.29 is 13.2 Å². The molecular weight excluding hydrogens is 468 g/mol. The zero-order valence-electron chi connectivity index (χ0n) is 17.7. The molecule has 1 aliphatic rings. The highest BCUT2D eigenvalue weighted by molar-refractivity contribution is 7.89. The van der Waals surface area contributed by atoms with Gasteiger partial charge in [0.05, 0.1) is 4.90 Å². The van der Waals surface area contributed by atoms with E-state index in [1.165, 1.54) is 15.6 Å². The van der Waals surface area contributed by atoms with E-state index in [9.17, 15) is 13.2 Å². The van der Waals surface area contributed by atoms with Crippen molar-refractivity contribution in [3.63, 3.8) is 0 Å². The Balaban J connectivity index is 1.48. The molecule has 1 atom stereocenters. The van der Waals surface area contributed by atoms with Crippen LogP contribution in [0.2, 0.25) is 5.02 Å². The summed E-state index contributed by atoms with van der Waals surface area (Å²) in [5, 5.41) is 12.4. The molecule has 1 saturated heterocycles. The second-order valence-electron chi connectivity index (χ2n) is 7.86. The molecule has 10 heteroatoms. The van der Waals surface area contributed by atoms with Crippen molar-refractivity contribution in [1.29, 1.82) is 0 Å². The molecule has 0 unspecified atom stereocenters. The van der Waals surface area contributed by atoms with E-state index >= 15 is 0 Å². The third kappa shape index (κ3) is 4.85. The normalized spacial score (nSPS) is 17.3. The van der Waals surface area contributed by atoms with E-state index in [2.05, 4.69) is 15.5 Å². The Bertz CT molecular complexity index is 1260. The molecule has 0 spiro atoms. The van der Waals surface area contributed by atoms with Crippen LogP contribution in [0.5, 0.6) is 0 Å². The first kappa shape index (κ1) is 22.8. The average molecular weight is 491 g/mol. The average Bonchev–Trinajstić information content (AvgIpc) is 3.26. The predicted molar refractivity (Wildman–Crippen MR) is 126 cm³/mol. The monoisotopic (exact) mass is 490 g/mol. The Morgan fingerprint density at radius 3 is 2.72 bits per heavy atom. The molecule has 0 bridgehead atoms. The number of nitrogens with zero attached hydrogens (tertiary/aromatic N) is 3. The molecule has 1 amide bonds. The van der Waals surface area contributed by atoms with Gasteiger partial charge in [-0.3, -0.25) is 4.79 Å². The minimum atomic E-state index is -3.60. The Hall–Kier alpha value is -2.33. The Kier molecular flexibility index (Phi) is 6.62. The molecule has 0 radical (unpaired) electrons. The Labute approximate surface area is 196 Å².